The molecule has 1 N–H and O–H groups in total. The van der Waals surface area contributed by atoms with Gasteiger partial charge in [-0.05, 0) is 18.6 Å². The van der Waals surface area contributed by atoms with Crippen LogP contribution in [0.2, 0.25) is 0 Å². The molecule has 1 aliphatic heterocycles. The van der Waals surface area contributed by atoms with Crippen molar-refractivity contribution in [1.82, 2.24) is 9.55 Å². The van der Waals surface area contributed by atoms with Crippen LogP contribution in [-0.2, 0) is 16.8 Å². The van der Waals surface area contributed by atoms with Crippen molar-refractivity contribution >= 4 is 29.5 Å². The zero-order chi connectivity index (χ0) is 15.5. The zero-order valence-electron chi connectivity index (χ0n) is 13.0. The van der Waals surface area contributed by atoms with Gasteiger partial charge in [0, 0.05) is 29.1 Å². The van der Waals surface area contributed by atoms with Gasteiger partial charge in [0.25, 0.3) is 0 Å². The van der Waals surface area contributed by atoms with Crippen LogP contribution in [0.5, 0.6) is 0 Å². The summed E-state index contributed by atoms with van der Waals surface area (Å²) in [5.41, 5.74) is 1.22. The first-order valence-electron chi connectivity index (χ1n) is 7.40. The van der Waals surface area contributed by atoms with E-state index in [0.717, 1.165) is 11.7 Å². The number of carbonyl (C=O) groups is 1. The van der Waals surface area contributed by atoms with Gasteiger partial charge in [0.2, 0.25) is 0 Å². The molecule has 4 nitrogen and oxygen atoms in total. The largest absolute Gasteiger partial charge is 0.481 e. The molecule has 1 fully saturated rings. The molecule has 0 spiro atoms. The van der Waals surface area contributed by atoms with Gasteiger partial charge in [0.1, 0.15) is 0 Å². The molecule has 118 valence electrons. The van der Waals surface area contributed by atoms with Crippen molar-refractivity contribution in [2.45, 2.75) is 62.4 Å². The van der Waals surface area contributed by atoms with Crippen LogP contribution in [0.15, 0.2) is 11.4 Å². The molecule has 1 saturated heterocycles. The molecule has 1 unspecified atom stereocenters. The number of nitrogens with zero attached hydrogens (tertiary/aromatic N) is 2. The fraction of sp³-hybridized carbons (Fsp3) is 0.733. The molecule has 2 rings (SSSR count). The zero-order valence-corrected chi connectivity index (χ0v) is 14.6. The van der Waals surface area contributed by atoms with Gasteiger partial charge < -0.3 is 9.67 Å². The van der Waals surface area contributed by atoms with Gasteiger partial charge in [0.05, 0.1) is 5.75 Å². The molecule has 6 heteroatoms. The highest BCUT2D eigenvalue weighted by Gasteiger charge is 2.25. The third kappa shape index (κ3) is 4.68. The van der Waals surface area contributed by atoms with E-state index < -0.39 is 5.97 Å². The molecule has 0 amide bonds. The van der Waals surface area contributed by atoms with Crippen molar-refractivity contribution in [3.8, 4) is 0 Å². The first kappa shape index (κ1) is 16.7. The molecular formula is C15H24N2O2S2. The fourth-order valence-corrected chi connectivity index (χ4v) is 4.53. The third-order valence-corrected chi connectivity index (χ3v) is 5.93. The van der Waals surface area contributed by atoms with Crippen LogP contribution in [0.4, 0.5) is 0 Å². The van der Waals surface area contributed by atoms with E-state index in [-0.39, 0.29) is 11.2 Å². The third-order valence-electron chi connectivity index (χ3n) is 3.57. The minimum atomic E-state index is -0.793. The Labute approximate surface area is 135 Å². The highest BCUT2D eigenvalue weighted by Crippen LogP contribution is 2.32. The lowest BCUT2D eigenvalue weighted by Gasteiger charge is -2.27. The van der Waals surface area contributed by atoms with E-state index in [1.807, 2.05) is 18.0 Å². The highest BCUT2D eigenvalue weighted by molar-refractivity contribution is 8.00. The first-order valence-corrected chi connectivity index (χ1v) is 9.43. The average molecular weight is 329 g/mol. The normalized spacial score (nSPS) is 19.7. The van der Waals surface area contributed by atoms with Crippen LogP contribution in [0.1, 0.15) is 45.7 Å². The molecule has 0 saturated carbocycles. The Morgan fingerprint density at radius 2 is 2.29 bits per heavy atom. The maximum Gasteiger partial charge on any atom is 0.313 e. The van der Waals surface area contributed by atoms with E-state index in [4.69, 9.17) is 5.11 Å². The molecule has 0 radical (unpaired) electrons. The maximum absolute atomic E-state index is 10.8. The van der Waals surface area contributed by atoms with Gasteiger partial charge in [0.15, 0.2) is 5.16 Å². The van der Waals surface area contributed by atoms with Crippen LogP contribution in [0.3, 0.4) is 0 Å². The summed E-state index contributed by atoms with van der Waals surface area (Å²) >= 11 is 3.36. The summed E-state index contributed by atoms with van der Waals surface area (Å²) in [5, 5.41) is 10.4. The lowest BCUT2D eigenvalue weighted by Crippen LogP contribution is -2.24. The number of aromatic nitrogens is 2. The summed E-state index contributed by atoms with van der Waals surface area (Å²) < 4.78 is 2.25. The molecule has 0 bridgehead atoms. The number of hydrogen-bond acceptors (Lipinski definition) is 4. The Morgan fingerprint density at radius 3 is 2.86 bits per heavy atom. The van der Waals surface area contributed by atoms with Crippen LogP contribution in [-0.4, -0.2) is 37.4 Å². The second-order valence-electron chi connectivity index (χ2n) is 6.46. The van der Waals surface area contributed by atoms with E-state index in [9.17, 15) is 4.79 Å². The summed E-state index contributed by atoms with van der Waals surface area (Å²) in [7, 11) is 0. The lowest BCUT2D eigenvalue weighted by molar-refractivity contribution is -0.133. The molecule has 0 aliphatic carbocycles. The second-order valence-corrected chi connectivity index (χ2v) is 8.81. The van der Waals surface area contributed by atoms with Crippen LogP contribution in [0.25, 0.3) is 0 Å². The fourth-order valence-electron chi connectivity index (χ4n) is 2.53. The van der Waals surface area contributed by atoms with Crippen molar-refractivity contribution in [3.05, 3.63) is 11.9 Å². The number of hydrogen-bond donors (Lipinski definition) is 1. The summed E-state index contributed by atoms with van der Waals surface area (Å²) in [6.07, 6.45) is 5.78. The molecule has 21 heavy (non-hydrogen) atoms. The predicted molar refractivity (Wildman–Crippen MR) is 89.4 cm³/mol. The molecule has 1 aromatic heterocycles. The Bertz CT molecular complexity index is 488. The van der Waals surface area contributed by atoms with Crippen molar-refractivity contribution in [2.24, 2.45) is 0 Å². The molecule has 1 aliphatic rings. The van der Waals surface area contributed by atoms with Crippen molar-refractivity contribution < 1.29 is 9.90 Å². The van der Waals surface area contributed by atoms with Crippen LogP contribution >= 0.6 is 23.5 Å². The van der Waals surface area contributed by atoms with Crippen LogP contribution in [0, 0.1) is 0 Å². The van der Waals surface area contributed by atoms with Crippen molar-refractivity contribution in [2.75, 3.05) is 11.5 Å². The minimum Gasteiger partial charge on any atom is -0.481 e. The monoisotopic (exact) mass is 328 g/mol. The second kappa shape index (κ2) is 7.09. The predicted octanol–water partition coefficient (Wildman–Crippen LogP) is 3.64. The number of carboxylic acids is 1. The van der Waals surface area contributed by atoms with E-state index in [2.05, 4.69) is 30.3 Å². The Morgan fingerprint density at radius 1 is 1.52 bits per heavy atom. The average Bonchev–Trinajstić information content (AvgIpc) is 2.80. The number of aliphatic carboxylic acids is 1. The topological polar surface area (TPSA) is 55.1 Å². The highest BCUT2D eigenvalue weighted by atomic mass is 32.2. The maximum atomic E-state index is 10.8. The van der Waals surface area contributed by atoms with Crippen molar-refractivity contribution in [1.29, 1.82) is 0 Å². The molecule has 1 aromatic rings. The van der Waals surface area contributed by atoms with Gasteiger partial charge in [-0.2, -0.15) is 11.8 Å². The van der Waals surface area contributed by atoms with Gasteiger partial charge >= 0.3 is 5.97 Å². The first-order chi connectivity index (χ1) is 9.88. The Hall–Kier alpha value is -0.620. The Balaban J connectivity index is 2.20. The summed E-state index contributed by atoms with van der Waals surface area (Å²) in [6, 6.07) is 0. The quantitative estimate of drug-likeness (QED) is 0.836. The summed E-state index contributed by atoms with van der Waals surface area (Å²) in [5.74, 6) is 0.513. The molecule has 1 atom stereocenters. The van der Waals surface area contributed by atoms with E-state index >= 15 is 0 Å². The van der Waals surface area contributed by atoms with Gasteiger partial charge in [-0.15, -0.1) is 0 Å². The smallest absolute Gasteiger partial charge is 0.313 e. The number of rotatable bonds is 5. The van der Waals surface area contributed by atoms with E-state index in [0.29, 0.717) is 5.25 Å². The number of carboxylic acid groups (broad SMARTS) is 1. The van der Waals surface area contributed by atoms with E-state index in [1.165, 1.54) is 42.5 Å². The SMILES string of the molecule is CC(C)(C)c1cnc(SCC(=O)O)n1CC1CCCCS1. The Kier molecular flexibility index (Phi) is 5.66. The lowest BCUT2D eigenvalue weighted by atomic mass is 9.92. The standard InChI is InChI=1S/C15H24N2O2S2/c1-15(2,3)12-8-16-14(21-10-13(18)19)17(12)9-11-6-4-5-7-20-11/h8,11H,4-7,9-10H2,1-3H3,(H,18,19). The van der Waals surface area contributed by atoms with Gasteiger partial charge in [-0.3, -0.25) is 4.79 Å². The van der Waals surface area contributed by atoms with Gasteiger partial charge in [-0.1, -0.05) is 39.0 Å². The van der Waals surface area contributed by atoms with Crippen molar-refractivity contribution in [3.63, 3.8) is 0 Å². The summed E-state index contributed by atoms with van der Waals surface area (Å²) in [4.78, 5) is 15.3. The number of thioether (sulfide) groups is 2. The summed E-state index contributed by atoms with van der Waals surface area (Å²) in [6.45, 7) is 7.49. The van der Waals surface area contributed by atoms with E-state index in [1.54, 1.807) is 0 Å². The molecule has 0 aromatic carbocycles. The minimum absolute atomic E-state index is 0.0222. The number of imidazole rings is 1. The van der Waals surface area contributed by atoms with Gasteiger partial charge in [-0.25, -0.2) is 4.98 Å². The molecular weight excluding hydrogens is 304 g/mol. The van der Waals surface area contributed by atoms with Crippen LogP contribution < -0.4 is 0 Å². The molecule has 2 heterocycles.